The zero-order valence-corrected chi connectivity index (χ0v) is 12.4. The number of hydrogen-bond acceptors (Lipinski definition) is 8. The lowest BCUT2D eigenvalue weighted by molar-refractivity contribution is -0.293. The minimum atomic E-state index is -1.68. The molecule has 5 N–H and O–H groups in total. The fourth-order valence-electron chi connectivity index (χ4n) is 2.17. The highest BCUT2D eigenvalue weighted by atomic mass is 16.7. The molecule has 0 aromatic heterocycles. The fourth-order valence-corrected chi connectivity index (χ4v) is 2.17. The maximum absolute atomic E-state index is 12.0. The Morgan fingerprint density at radius 3 is 2.39 bits per heavy atom. The molecule has 1 rings (SSSR count). The molecule has 0 bridgehead atoms. The molecule has 23 heavy (non-hydrogen) atoms. The van der Waals surface area contributed by atoms with Gasteiger partial charge in [-0.25, -0.2) is 0 Å². The summed E-state index contributed by atoms with van der Waals surface area (Å²) in [6.45, 7) is 2.83. The molecule has 2 unspecified atom stereocenters. The summed E-state index contributed by atoms with van der Waals surface area (Å²) in [6, 6.07) is 0. The smallest absolute Gasteiger partial charge is 0.315 e. The first kappa shape index (κ1) is 19.5. The third-order valence-corrected chi connectivity index (χ3v) is 3.57. The van der Waals surface area contributed by atoms with Crippen LogP contribution < -0.4 is 0 Å². The van der Waals surface area contributed by atoms with Gasteiger partial charge in [0.15, 0.2) is 0 Å². The van der Waals surface area contributed by atoms with Crippen molar-refractivity contribution in [3.05, 3.63) is 12.7 Å². The van der Waals surface area contributed by atoms with Crippen LogP contribution >= 0.6 is 0 Å². The molecule has 1 heterocycles. The van der Waals surface area contributed by atoms with E-state index in [1.807, 2.05) is 0 Å². The van der Waals surface area contributed by atoms with E-state index in [0.29, 0.717) is 0 Å². The molecule has 6 atom stereocenters. The zero-order chi connectivity index (χ0) is 17.6. The van der Waals surface area contributed by atoms with Gasteiger partial charge in [-0.1, -0.05) is 6.08 Å². The van der Waals surface area contributed by atoms with Crippen LogP contribution in [0.1, 0.15) is 19.3 Å². The number of rotatable bonds is 8. The minimum Gasteiger partial charge on any atom is -0.481 e. The highest BCUT2D eigenvalue weighted by molar-refractivity contribution is 5.74. The zero-order valence-electron chi connectivity index (χ0n) is 12.4. The van der Waals surface area contributed by atoms with Gasteiger partial charge < -0.3 is 35.0 Å². The number of carboxylic acids is 1. The highest BCUT2D eigenvalue weighted by Gasteiger charge is 2.45. The standard InChI is InChI=1S/C14H22O9/c1-2-7(4-3-5-9(16)17)13(21)23-14-12(20)11(19)10(18)8(6-15)22-14/h2,7-8,10-12,14-15,18-20H,1,3-6H2,(H,16,17)/t7?,8-,10-,11+,12-,14?/m1/s1. The first-order chi connectivity index (χ1) is 10.8. The van der Waals surface area contributed by atoms with E-state index >= 15 is 0 Å². The predicted molar refractivity (Wildman–Crippen MR) is 75.0 cm³/mol. The van der Waals surface area contributed by atoms with E-state index in [2.05, 4.69) is 6.58 Å². The van der Waals surface area contributed by atoms with Crippen molar-refractivity contribution in [2.24, 2.45) is 5.92 Å². The second kappa shape index (κ2) is 8.94. The monoisotopic (exact) mass is 334 g/mol. The van der Waals surface area contributed by atoms with Gasteiger partial charge in [-0.2, -0.15) is 0 Å². The van der Waals surface area contributed by atoms with Gasteiger partial charge in [0, 0.05) is 6.42 Å². The molecule has 0 amide bonds. The number of aliphatic carboxylic acids is 1. The molecule has 0 aromatic rings. The largest absolute Gasteiger partial charge is 0.481 e. The van der Waals surface area contributed by atoms with Crippen LogP contribution in [0.15, 0.2) is 12.7 Å². The number of esters is 1. The quantitative estimate of drug-likeness (QED) is 0.260. The first-order valence-corrected chi connectivity index (χ1v) is 7.17. The van der Waals surface area contributed by atoms with Gasteiger partial charge in [-0.05, 0) is 12.8 Å². The van der Waals surface area contributed by atoms with Gasteiger partial charge in [0.25, 0.3) is 0 Å². The first-order valence-electron chi connectivity index (χ1n) is 7.17. The lowest BCUT2D eigenvalue weighted by atomic mass is 9.99. The molecular weight excluding hydrogens is 312 g/mol. The van der Waals surface area contributed by atoms with Crippen molar-refractivity contribution in [2.75, 3.05) is 6.61 Å². The van der Waals surface area contributed by atoms with E-state index < -0.39 is 55.2 Å². The van der Waals surface area contributed by atoms with E-state index in [1.54, 1.807) is 0 Å². The van der Waals surface area contributed by atoms with Crippen LogP contribution in [0.4, 0.5) is 0 Å². The van der Waals surface area contributed by atoms with E-state index in [9.17, 15) is 24.9 Å². The molecule has 132 valence electrons. The Kier molecular flexibility index (Phi) is 7.59. The normalized spacial score (nSPS) is 32.1. The summed E-state index contributed by atoms with van der Waals surface area (Å²) in [5.41, 5.74) is 0. The molecule has 0 radical (unpaired) electrons. The van der Waals surface area contributed by atoms with Crippen molar-refractivity contribution < 1.29 is 44.6 Å². The minimum absolute atomic E-state index is 0.113. The Morgan fingerprint density at radius 2 is 1.87 bits per heavy atom. The van der Waals surface area contributed by atoms with Crippen molar-refractivity contribution in [2.45, 2.75) is 50.0 Å². The highest BCUT2D eigenvalue weighted by Crippen LogP contribution is 2.23. The van der Waals surface area contributed by atoms with Gasteiger partial charge in [0.2, 0.25) is 6.29 Å². The average Bonchev–Trinajstić information content (AvgIpc) is 2.51. The van der Waals surface area contributed by atoms with Crippen LogP contribution in [0.2, 0.25) is 0 Å². The number of carboxylic acid groups (broad SMARTS) is 1. The number of aliphatic hydroxyl groups is 4. The van der Waals surface area contributed by atoms with Crippen LogP contribution in [0.5, 0.6) is 0 Å². The second-order valence-corrected chi connectivity index (χ2v) is 5.26. The van der Waals surface area contributed by atoms with Crippen molar-refractivity contribution in [3.63, 3.8) is 0 Å². The van der Waals surface area contributed by atoms with E-state index in [4.69, 9.17) is 19.7 Å². The van der Waals surface area contributed by atoms with Gasteiger partial charge in [0.1, 0.15) is 24.4 Å². The third-order valence-electron chi connectivity index (χ3n) is 3.57. The number of carbonyl (C=O) groups is 2. The Morgan fingerprint density at radius 1 is 1.22 bits per heavy atom. The lowest BCUT2D eigenvalue weighted by Crippen LogP contribution is -2.59. The third kappa shape index (κ3) is 5.26. The molecule has 9 heteroatoms. The topological polar surface area (TPSA) is 154 Å². The summed E-state index contributed by atoms with van der Waals surface area (Å²) in [5, 5.41) is 46.6. The lowest BCUT2D eigenvalue weighted by Gasteiger charge is -2.39. The molecule has 0 aromatic carbocycles. The molecule has 9 nitrogen and oxygen atoms in total. The van der Waals surface area contributed by atoms with Gasteiger partial charge in [-0.3, -0.25) is 9.59 Å². The van der Waals surface area contributed by atoms with Crippen molar-refractivity contribution >= 4 is 11.9 Å². The summed E-state index contributed by atoms with van der Waals surface area (Å²) < 4.78 is 10.0. The van der Waals surface area contributed by atoms with Crippen molar-refractivity contribution in [3.8, 4) is 0 Å². The van der Waals surface area contributed by atoms with Gasteiger partial charge in [-0.15, -0.1) is 6.58 Å². The Labute approximate surface area is 132 Å². The van der Waals surface area contributed by atoms with E-state index in [0.717, 1.165) is 0 Å². The van der Waals surface area contributed by atoms with Crippen LogP contribution in [0.25, 0.3) is 0 Å². The second-order valence-electron chi connectivity index (χ2n) is 5.26. The van der Waals surface area contributed by atoms with Crippen LogP contribution in [0.3, 0.4) is 0 Å². The number of aliphatic hydroxyl groups excluding tert-OH is 4. The summed E-state index contributed by atoms with van der Waals surface area (Å²) >= 11 is 0. The summed E-state index contributed by atoms with van der Waals surface area (Å²) in [4.78, 5) is 22.5. The molecule has 1 fully saturated rings. The van der Waals surface area contributed by atoms with Crippen LogP contribution in [0, 0.1) is 5.92 Å². The van der Waals surface area contributed by atoms with Gasteiger partial charge in [0.05, 0.1) is 12.5 Å². The maximum Gasteiger partial charge on any atom is 0.315 e. The molecule has 0 aliphatic carbocycles. The van der Waals surface area contributed by atoms with E-state index in [1.165, 1.54) is 6.08 Å². The van der Waals surface area contributed by atoms with E-state index in [-0.39, 0.29) is 19.3 Å². The number of hydrogen-bond donors (Lipinski definition) is 5. The SMILES string of the molecule is C=CC(CCCC(=O)O)C(=O)OC1O[C@H](CO)[C@@H](O)[C@H](O)[C@H]1O. The maximum atomic E-state index is 12.0. The average molecular weight is 334 g/mol. The molecule has 1 aliphatic rings. The Hall–Kier alpha value is -1.52. The molecule has 0 spiro atoms. The number of ether oxygens (including phenoxy) is 2. The van der Waals surface area contributed by atoms with Crippen LogP contribution in [-0.4, -0.2) is 74.8 Å². The van der Waals surface area contributed by atoms with Gasteiger partial charge >= 0.3 is 11.9 Å². The molecular formula is C14H22O9. The van der Waals surface area contributed by atoms with Crippen molar-refractivity contribution in [1.29, 1.82) is 0 Å². The molecule has 1 aliphatic heterocycles. The summed E-state index contributed by atoms with van der Waals surface area (Å²) in [7, 11) is 0. The Bertz CT molecular complexity index is 422. The summed E-state index contributed by atoms with van der Waals surface area (Å²) in [5.74, 6) is -2.61. The van der Waals surface area contributed by atoms with Crippen LogP contribution in [-0.2, 0) is 19.1 Å². The Balaban J connectivity index is 2.62. The predicted octanol–water partition coefficient (Wildman–Crippen LogP) is -1.61. The summed E-state index contributed by atoms with van der Waals surface area (Å²) in [6.07, 6.45) is -6.02. The molecule has 1 saturated heterocycles. The van der Waals surface area contributed by atoms with Crippen molar-refractivity contribution in [1.82, 2.24) is 0 Å². The number of carbonyl (C=O) groups excluding carboxylic acids is 1. The molecule has 0 saturated carbocycles. The fraction of sp³-hybridized carbons (Fsp3) is 0.714.